The second-order valence-corrected chi connectivity index (χ2v) is 9.03. The number of likely N-dealkylation sites (tertiary alicyclic amines) is 1. The molecule has 4 N–H and O–H groups in total. The summed E-state index contributed by atoms with van der Waals surface area (Å²) in [5, 5.41) is 15.0. The van der Waals surface area contributed by atoms with Gasteiger partial charge in [-0.15, -0.1) is 0 Å². The van der Waals surface area contributed by atoms with Crippen LogP contribution in [0.2, 0.25) is 10.0 Å². The van der Waals surface area contributed by atoms with Gasteiger partial charge >= 0.3 is 17.7 Å². The van der Waals surface area contributed by atoms with E-state index in [-0.39, 0.29) is 45.5 Å². The summed E-state index contributed by atoms with van der Waals surface area (Å²) >= 11 is 12.2. The molecule has 1 aromatic carbocycles. The van der Waals surface area contributed by atoms with E-state index < -0.39 is 29.6 Å². The quantitative estimate of drug-likeness (QED) is 0.470. The molecule has 1 saturated heterocycles. The first-order valence-electron chi connectivity index (χ1n) is 10.7. The number of benzene rings is 1. The number of aliphatic carboxylic acids is 1. The lowest BCUT2D eigenvalue weighted by molar-refractivity contribution is -0.139. The van der Waals surface area contributed by atoms with E-state index in [1.54, 1.807) is 11.0 Å². The molecule has 3 unspecified atom stereocenters. The van der Waals surface area contributed by atoms with E-state index in [1.165, 1.54) is 12.1 Å². The molecule has 0 radical (unpaired) electrons. The SMILES string of the molecule is CC1CCCC(C)N1C(=O)NC(Cc1cnc(=O)[nH]c1NC(=O)c1c(Cl)cccc1Cl)C(=O)O. The highest BCUT2D eigenvalue weighted by Gasteiger charge is 2.32. The van der Waals surface area contributed by atoms with Gasteiger partial charge in [0.2, 0.25) is 0 Å². The molecule has 2 aromatic rings. The van der Waals surface area contributed by atoms with Crippen LogP contribution in [0.1, 0.15) is 49.0 Å². The van der Waals surface area contributed by atoms with Crippen molar-refractivity contribution in [3.63, 3.8) is 0 Å². The molecule has 3 atom stereocenters. The maximum absolute atomic E-state index is 12.9. The summed E-state index contributed by atoms with van der Waals surface area (Å²) in [5.74, 6) is -2.05. The summed E-state index contributed by atoms with van der Waals surface area (Å²) in [6.45, 7) is 3.84. The maximum atomic E-state index is 12.9. The average molecular weight is 510 g/mol. The van der Waals surface area contributed by atoms with Gasteiger partial charge in [0.25, 0.3) is 5.91 Å². The van der Waals surface area contributed by atoms with Gasteiger partial charge in [-0.05, 0) is 45.2 Å². The van der Waals surface area contributed by atoms with E-state index in [0.29, 0.717) is 0 Å². The summed E-state index contributed by atoms with van der Waals surface area (Å²) in [7, 11) is 0. The Balaban J connectivity index is 1.83. The van der Waals surface area contributed by atoms with Crippen LogP contribution >= 0.6 is 23.2 Å². The van der Waals surface area contributed by atoms with Crippen molar-refractivity contribution in [1.82, 2.24) is 20.2 Å². The number of carboxylic acids is 1. The fourth-order valence-electron chi connectivity index (χ4n) is 4.04. The van der Waals surface area contributed by atoms with Crippen LogP contribution in [0.15, 0.2) is 29.2 Å². The van der Waals surface area contributed by atoms with Gasteiger partial charge in [-0.2, -0.15) is 0 Å². The van der Waals surface area contributed by atoms with Crippen molar-refractivity contribution in [2.75, 3.05) is 5.32 Å². The number of hydrogen-bond acceptors (Lipinski definition) is 5. The smallest absolute Gasteiger partial charge is 0.346 e. The number of H-pyrrole nitrogens is 1. The van der Waals surface area contributed by atoms with Crippen molar-refractivity contribution in [1.29, 1.82) is 0 Å². The van der Waals surface area contributed by atoms with Crippen LogP contribution in [-0.2, 0) is 11.2 Å². The largest absolute Gasteiger partial charge is 0.480 e. The zero-order valence-corrected chi connectivity index (χ0v) is 20.1. The summed E-state index contributed by atoms with van der Waals surface area (Å²) in [6, 6.07) is 2.67. The minimum atomic E-state index is -1.33. The van der Waals surface area contributed by atoms with Crippen LogP contribution in [0.25, 0.3) is 0 Å². The number of nitrogens with zero attached hydrogens (tertiary/aromatic N) is 2. The molecular weight excluding hydrogens is 485 g/mol. The number of carbonyl (C=O) groups is 3. The number of halogens is 2. The van der Waals surface area contributed by atoms with Gasteiger partial charge in [-0.25, -0.2) is 19.4 Å². The van der Waals surface area contributed by atoms with Crippen LogP contribution in [0.3, 0.4) is 0 Å². The number of hydrogen-bond donors (Lipinski definition) is 4. The summed E-state index contributed by atoms with van der Waals surface area (Å²) in [4.78, 5) is 57.1. The van der Waals surface area contributed by atoms with Gasteiger partial charge < -0.3 is 20.6 Å². The predicted molar refractivity (Wildman–Crippen MR) is 128 cm³/mol. The Morgan fingerprint density at radius 2 is 1.82 bits per heavy atom. The van der Waals surface area contributed by atoms with Crippen molar-refractivity contribution in [3.05, 3.63) is 56.1 Å². The van der Waals surface area contributed by atoms with Crippen molar-refractivity contribution in [2.24, 2.45) is 0 Å². The van der Waals surface area contributed by atoms with Crippen molar-refractivity contribution >= 4 is 46.9 Å². The number of aromatic nitrogens is 2. The molecule has 10 nitrogen and oxygen atoms in total. The highest BCUT2D eigenvalue weighted by atomic mass is 35.5. The first-order valence-corrected chi connectivity index (χ1v) is 11.5. The highest BCUT2D eigenvalue weighted by molar-refractivity contribution is 6.40. The van der Waals surface area contributed by atoms with Crippen LogP contribution in [0, 0.1) is 0 Å². The molecule has 3 rings (SSSR count). The minimum Gasteiger partial charge on any atom is -0.480 e. The Morgan fingerprint density at radius 3 is 2.41 bits per heavy atom. The number of amides is 3. The zero-order valence-electron chi connectivity index (χ0n) is 18.6. The minimum absolute atomic E-state index is 0.00870. The third-order valence-electron chi connectivity index (χ3n) is 5.77. The molecule has 0 bridgehead atoms. The van der Waals surface area contributed by atoms with E-state index in [9.17, 15) is 24.3 Å². The molecule has 1 aliphatic rings. The van der Waals surface area contributed by atoms with E-state index in [4.69, 9.17) is 23.2 Å². The first kappa shape index (κ1) is 25.5. The van der Waals surface area contributed by atoms with E-state index in [0.717, 1.165) is 25.5 Å². The van der Waals surface area contributed by atoms with Crippen molar-refractivity contribution in [2.45, 2.75) is 57.7 Å². The second-order valence-electron chi connectivity index (χ2n) is 8.22. The van der Waals surface area contributed by atoms with Crippen LogP contribution < -0.4 is 16.3 Å². The van der Waals surface area contributed by atoms with Gasteiger partial charge in [0.15, 0.2) is 0 Å². The molecule has 0 saturated carbocycles. The molecule has 3 amide bonds. The van der Waals surface area contributed by atoms with Gasteiger partial charge in [-0.1, -0.05) is 29.3 Å². The number of urea groups is 1. The first-order chi connectivity index (χ1) is 16.1. The van der Waals surface area contributed by atoms with Gasteiger partial charge in [-0.3, -0.25) is 9.78 Å². The normalized spacial score (nSPS) is 18.8. The molecule has 182 valence electrons. The number of piperidine rings is 1. The Morgan fingerprint density at radius 1 is 1.21 bits per heavy atom. The monoisotopic (exact) mass is 509 g/mol. The third kappa shape index (κ3) is 5.87. The Bertz CT molecular complexity index is 1120. The standard InChI is InChI=1S/C22H25Cl2N5O5/c1-11-5-3-6-12(2)29(11)22(34)26-16(20(31)32)9-13-10-25-21(33)28-18(13)27-19(30)17-14(23)7-4-8-15(17)24/h4,7-8,10-12,16H,3,5-6,9H2,1-2H3,(H,26,34)(H,31,32)(H2,25,27,28,30,33). The van der Waals surface area contributed by atoms with Crippen molar-refractivity contribution < 1.29 is 19.5 Å². The predicted octanol–water partition coefficient (Wildman–Crippen LogP) is 3.30. The van der Waals surface area contributed by atoms with Gasteiger partial charge in [0, 0.05) is 30.3 Å². The summed E-state index contributed by atoms with van der Waals surface area (Å²) in [6.07, 6.45) is 3.57. The average Bonchev–Trinajstić information content (AvgIpc) is 2.74. The molecule has 1 aliphatic heterocycles. The molecule has 2 heterocycles. The number of aromatic amines is 1. The number of carbonyl (C=O) groups excluding carboxylic acids is 2. The number of anilines is 1. The third-order valence-corrected chi connectivity index (χ3v) is 6.40. The molecule has 1 fully saturated rings. The topological polar surface area (TPSA) is 144 Å². The van der Waals surface area contributed by atoms with Crippen LogP contribution in [0.5, 0.6) is 0 Å². The number of carboxylic acid groups (broad SMARTS) is 1. The van der Waals surface area contributed by atoms with Gasteiger partial charge in [0.05, 0.1) is 15.6 Å². The van der Waals surface area contributed by atoms with Crippen LogP contribution in [0.4, 0.5) is 10.6 Å². The molecular formula is C22H25Cl2N5O5. The summed E-state index contributed by atoms with van der Waals surface area (Å²) in [5.41, 5.74) is -0.564. The Hall–Kier alpha value is -3.11. The fraction of sp³-hybridized carbons (Fsp3) is 0.409. The molecule has 0 aliphatic carbocycles. The van der Waals surface area contributed by atoms with E-state index in [2.05, 4.69) is 20.6 Å². The lowest BCUT2D eigenvalue weighted by Crippen LogP contribution is -2.55. The molecule has 12 heteroatoms. The van der Waals surface area contributed by atoms with Crippen LogP contribution in [-0.4, -0.2) is 56.0 Å². The number of rotatable bonds is 6. The Kier molecular flexibility index (Phi) is 8.16. The second kappa shape index (κ2) is 10.9. The maximum Gasteiger partial charge on any atom is 0.346 e. The number of nitrogens with one attached hydrogen (secondary N) is 3. The highest BCUT2D eigenvalue weighted by Crippen LogP contribution is 2.26. The lowest BCUT2D eigenvalue weighted by Gasteiger charge is -2.39. The molecule has 1 aromatic heterocycles. The lowest BCUT2D eigenvalue weighted by atomic mass is 9.98. The van der Waals surface area contributed by atoms with E-state index in [1.807, 2.05) is 13.8 Å². The zero-order chi connectivity index (χ0) is 25.0. The van der Waals surface area contributed by atoms with E-state index >= 15 is 0 Å². The molecule has 0 spiro atoms. The van der Waals surface area contributed by atoms with Gasteiger partial charge in [0.1, 0.15) is 11.9 Å². The molecule has 34 heavy (non-hydrogen) atoms. The Labute approximate surface area is 205 Å². The summed E-state index contributed by atoms with van der Waals surface area (Å²) < 4.78 is 0. The fourth-order valence-corrected chi connectivity index (χ4v) is 4.61. The van der Waals surface area contributed by atoms with Crippen molar-refractivity contribution in [3.8, 4) is 0 Å².